The average molecular weight is 232 g/mol. The van der Waals surface area contributed by atoms with Crippen LogP contribution in [0.15, 0.2) is 0 Å². The van der Waals surface area contributed by atoms with E-state index in [-0.39, 0.29) is 10.8 Å². The molecule has 12 heavy (non-hydrogen) atoms. The van der Waals surface area contributed by atoms with Crippen LogP contribution in [0.4, 0.5) is 0 Å². The Bertz CT molecular complexity index is 244. The molecule has 0 aromatic heterocycles. The fourth-order valence-electron chi connectivity index (χ4n) is 1.40. The van der Waals surface area contributed by atoms with E-state index in [1.165, 1.54) is 7.05 Å². The Morgan fingerprint density at radius 3 is 2.00 bits per heavy atom. The number of halogens is 2. The SMILES string of the molecule is CNS(=O)(=O)C1C(Cl)CCC1Cl. The molecule has 1 rings (SSSR count). The van der Waals surface area contributed by atoms with Crippen molar-refractivity contribution in [1.82, 2.24) is 4.72 Å². The van der Waals surface area contributed by atoms with Gasteiger partial charge in [0.2, 0.25) is 10.0 Å². The lowest BCUT2D eigenvalue weighted by atomic mass is 10.4. The van der Waals surface area contributed by atoms with Crippen molar-refractivity contribution >= 4 is 33.2 Å². The van der Waals surface area contributed by atoms with Crippen LogP contribution >= 0.6 is 23.2 Å². The minimum absolute atomic E-state index is 0.357. The summed E-state index contributed by atoms with van der Waals surface area (Å²) in [5.41, 5.74) is 0. The summed E-state index contributed by atoms with van der Waals surface area (Å²) in [6.07, 6.45) is 1.34. The lowest BCUT2D eigenvalue weighted by Crippen LogP contribution is -2.39. The third-order valence-corrected chi connectivity index (χ3v) is 5.29. The predicted molar refractivity (Wildman–Crippen MR) is 50.3 cm³/mol. The number of hydrogen-bond acceptors (Lipinski definition) is 2. The summed E-state index contributed by atoms with van der Waals surface area (Å²) in [5.74, 6) is 0. The third-order valence-electron chi connectivity index (χ3n) is 2.07. The van der Waals surface area contributed by atoms with Crippen molar-refractivity contribution < 1.29 is 8.42 Å². The molecule has 0 aromatic carbocycles. The van der Waals surface area contributed by atoms with Gasteiger partial charge in [-0.1, -0.05) is 0 Å². The van der Waals surface area contributed by atoms with Gasteiger partial charge in [-0.05, 0) is 19.9 Å². The lowest BCUT2D eigenvalue weighted by molar-refractivity contribution is 0.573. The highest BCUT2D eigenvalue weighted by Gasteiger charge is 2.42. The summed E-state index contributed by atoms with van der Waals surface area (Å²) in [6.45, 7) is 0. The Kier molecular flexibility index (Phi) is 3.26. The van der Waals surface area contributed by atoms with Gasteiger partial charge in [-0.15, -0.1) is 23.2 Å². The molecular weight excluding hydrogens is 221 g/mol. The number of sulfonamides is 1. The number of alkyl halides is 2. The second-order valence-corrected chi connectivity index (χ2v) is 5.99. The Labute approximate surface area is 82.5 Å². The average Bonchev–Trinajstić information content (AvgIpc) is 2.31. The molecule has 0 saturated heterocycles. The van der Waals surface area contributed by atoms with Crippen molar-refractivity contribution in [3.63, 3.8) is 0 Å². The van der Waals surface area contributed by atoms with E-state index in [0.29, 0.717) is 12.8 Å². The number of rotatable bonds is 2. The fraction of sp³-hybridized carbons (Fsp3) is 1.00. The Hall–Kier alpha value is 0.490. The molecular formula is C6H11Cl2NO2S. The van der Waals surface area contributed by atoms with Crippen molar-refractivity contribution in [3.8, 4) is 0 Å². The molecule has 0 amide bonds. The largest absolute Gasteiger partial charge is 0.218 e. The summed E-state index contributed by atoms with van der Waals surface area (Å²) in [7, 11) is -1.93. The van der Waals surface area contributed by atoms with E-state index < -0.39 is 15.3 Å². The van der Waals surface area contributed by atoms with Crippen LogP contribution in [0.2, 0.25) is 0 Å². The Balaban J connectivity index is 2.86. The van der Waals surface area contributed by atoms with Crippen molar-refractivity contribution in [1.29, 1.82) is 0 Å². The first-order valence-electron chi connectivity index (χ1n) is 3.69. The maximum absolute atomic E-state index is 11.3. The molecule has 0 aromatic rings. The normalized spacial score (nSPS) is 37.1. The summed E-state index contributed by atoms with van der Waals surface area (Å²) < 4.78 is 24.9. The topological polar surface area (TPSA) is 46.2 Å². The van der Waals surface area contributed by atoms with Crippen molar-refractivity contribution in [2.24, 2.45) is 0 Å². The molecule has 0 radical (unpaired) electrons. The summed E-state index contributed by atoms with van der Waals surface area (Å²) in [4.78, 5) is 0. The highest BCUT2D eigenvalue weighted by molar-refractivity contribution is 7.90. The standard InChI is InChI=1S/C6H11Cl2NO2S/c1-9-12(10,11)6-4(7)2-3-5(6)8/h4-6,9H,2-3H2,1H3. The van der Waals surface area contributed by atoms with Gasteiger partial charge in [0.15, 0.2) is 0 Å². The molecule has 1 aliphatic rings. The van der Waals surface area contributed by atoms with E-state index in [1.807, 2.05) is 0 Å². The van der Waals surface area contributed by atoms with Crippen LogP contribution in [0.1, 0.15) is 12.8 Å². The molecule has 6 heteroatoms. The first-order valence-corrected chi connectivity index (χ1v) is 6.11. The van der Waals surface area contributed by atoms with E-state index in [4.69, 9.17) is 23.2 Å². The zero-order valence-electron chi connectivity index (χ0n) is 6.63. The fourth-order valence-corrected chi connectivity index (χ4v) is 4.21. The summed E-state index contributed by atoms with van der Waals surface area (Å²) in [5, 5.41) is -1.36. The van der Waals surface area contributed by atoms with Gasteiger partial charge in [-0.2, -0.15) is 0 Å². The second kappa shape index (κ2) is 3.70. The Morgan fingerprint density at radius 2 is 1.67 bits per heavy atom. The smallest absolute Gasteiger partial charge is 0.217 e. The van der Waals surface area contributed by atoms with E-state index in [2.05, 4.69) is 4.72 Å². The zero-order chi connectivity index (χ0) is 9.35. The van der Waals surface area contributed by atoms with Crippen molar-refractivity contribution in [3.05, 3.63) is 0 Å². The van der Waals surface area contributed by atoms with E-state index >= 15 is 0 Å². The molecule has 1 saturated carbocycles. The number of hydrogen-bond donors (Lipinski definition) is 1. The molecule has 1 fully saturated rings. The molecule has 72 valence electrons. The first kappa shape index (κ1) is 10.6. The van der Waals surface area contributed by atoms with Crippen LogP contribution in [0, 0.1) is 0 Å². The van der Waals surface area contributed by atoms with Crippen LogP contribution in [-0.4, -0.2) is 31.5 Å². The van der Waals surface area contributed by atoms with Crippen LogP contribution in [0.5, 0.6) is 0 Å². The van der Waals surface area contributed by atoms with Gasteiger partial charge in [0.05, 0.1) is 10.8 Å². The molecule has 0 spiro atoms. The molecule has 0 bridgehead atoms. The van der Waals surface area contributed by atoms with Gasteiger partial charge < -0.3 is 0 Å². The van der Waals surface area contributed by atoms with E-state index in [1.54, 1.807) is 0 Å². The molecule has 2 atom stereocenters. The highest BCUT2D eigenvalue weighted by atomic mass is 35.5. The first-order chi connectivity index (χ1) is 5.49. The maximum atomic E-state index is 11.3. The Morgan fingerprint density at radius 1 is 1.25 bits per heavy atom. The number of nitrogens with one attached hydrogen (secondary N) is 1. The molecule has 2 unspecified atom stereocenters. The van der Waals surface area contributed by atoms with Gasteiger partial charge in [-0.3, -0.25) is 0 Å². The van der Waals surface area contributed by atoms with Crippen LogP contribution in [0.3, 0.4) is 0 Å². The third kappa shape index (κ3) is 1.87. The van der Waals surface area contributed by atoms with Crippen LogP contribution in [-0.2, 0) is 10.0 Å². The summed E-state index contributed by atoms with van der Waals surface area (Å²) in [6, 6.07) is 0. The molecule has 0 aliphatic heterocycles. The summed E-state index contributed by atoms with van der Waals surface area (Å²) >= 11 is 11.7. The van der Waals surface area contributed by atoms with E-state index in [9.17, 15) is 8.42 Å². The highest BCUT2D eigenvalue weighted by Crippen LogP contribution is 2.33. The molecule has 1 aliphatic carbocycles. The zero-order valence-corrected chi connectivity index (χ0v) is 8.96. The minimum atomic E-state index is -3.31. The van der Waals surface area contributed by atoms with Gasteiger partial charge in [-0.25, -0.2) is 13.1 Å². The van der Waals surface area contributed by atoms with Crippen molar-refractivity contribution in [2.75, 3.05) is 7.05 Å². The van der Waals surface area contributed by atoms with Crippen molar-refractivity contribution in [2.45, 2.75) is 28.8 Å². The molecule has 0 heterocycles. The predicted octanol–water partition coefficient (Wildman–Crippen LogP) is 0.913. The lowest BCUT2D eigenvalue weighted by Gasteiger charge is -2.16. The van der Waals surface area contributed by atoms with Crippen LogP contribution < -0.4 is 4.72 Å². The van der Waals surface area contributed by atoms with E-state index in [0.717, 1.165) is 0 Å². The second-order valence-electron chi connectivity index (χ2n) is 2.82. The van der Waals surface area contributed by atoms with Gasteiger partial charge in [0.25, 0.3) is 0 Å². The minimum Gasteiger partial charge on any atom is -0.218 e. The van der Waals surface area contributed by atoms with Gasteiger partial charge in [0.1, 0.15) is 5.25 Å². The molecule has 1 N–H and O–H groups in total. The monoisotopic (exact) mass is 231 g/mol. The van der Waals surface area contributed by atoms with Gasteiger partial charge in [0, 0.05) is 0 Å². The quantitative estimate of drug-likeness (QED) is 0.719. The molecule has 3 nitrogen and oxygen atoms in total. The van der Waals surface area contributed by atoms with Crippen LogP contribution in [0.25, 0.3) is 0 Å². The maximum Gasteiger partial charge on any atom is 0.217 e. The van der Waals surface area contributed by atoms with Gasteiger partial charge >= 0.3 is 0 Å².